The number of rotatable bonds is 5. The van der Waals surface area contributed by atoms with Crippen molar-refractivity contribution in [3.05, 3.63) is 11.6 Å². The fourth-order valence-electron chi connectivity index (χ4n) is 4.22. The number of hydrogen-bond acceptors (Lipinski definition) is 3. The molecule has 0 spiro atoms. The van der Waals surface area contributed by atoms with Crippen molar-refractivity contribution in [2.24, 2.45) is 28.6 Å². The minimum Gasteiger partial charge on any atom is -0.461 e. The van der Waals surface area contributed by atoms with Gasteiger partial charge in [0.05, 0.1) is 5.41 Å². The first-order valence-corrected chi connectivity index (χ1v) is 8.98. The average Bonchev–Trinajstić information content (AvgIpc) is 3.00. The molecule has 2 saturated carbocycles. The van der Waals surface area contributed by atoms with Crippen LogP contribution < -0.4 is 0 Å². The molecule has 0 radical (unpaired) electrons. The molecular formula is C20H32O3. The van der Waals surface area contributed by atoms with Crippen LogP contribution in [0.25, 0.3) is 0 Å². The molecule has 2 fully saturated rings. The van der Waals surface area contributed by atoms with Crippen molar-refractivity contribution in [3.8, 4) is 0 Å². The minimum atomic E-state index is -0.611. The van der Waals surface area contributed by atoms with Crippen LogP contribution in [0.3, 0.4) is 0 Å². The second-order valence-corrected chi connectivity index (χ2v) is 8.81. The molecule has 0 N–H and O–H groups in total. The summed E-state index contributed by atoms with van der Waals surface area (Å²) in [5.74, 6) is 1.45. The molecule has 0 aromatic carbocycles. The molecule has 0 aromatic heterocycles. The summed E-state index contributed by atoms with van der Waals surface area (Å²) in [6, 6.07) is 0. The van der Waals surface area contributed by atoms with Crippen molar-refractivity contribution in [1.82, 2.24) is 0 Å². The van der Waals surface area contributed by atoms with Crippen LogP contribution in [-0.2, 0) is 14.3 Å². The van der Waals surface area contributed by atoms with Gasteiger partial charge in [0.25, 0.3) is 0 Å². The van der Waals surface area contributed by atoms with Crippen molar-refractivity contribution in [3.63, 3.8) is 0 Å². The lowest BCUT2D eigenvalue weighted by atomic mass is 9.75. The van der Waals surface area contributed by atoms with Gasteiger partial charge in [0.15, 0.2) is 0 Å². The predicted molar refractivity (Wildman–Crippen MR) is 91.9 cm³/mol. The lowest BCUT2D eigenvalue weighted by Gasteiger charge is -2.37. The molecule has 0 saturated heterocycles. The molecular weight excluding hydrogens is 288 g/mol. The van der Waals surface area contributed by atoms with Gasteiger partial charge in [-0.1, -0.05) is 47.1 Å². The van der Waals surface area contributed by atoms with Crippen LogP contribution in [0.15, 0.2) is 11.6 Å². The molecule has 0 aromatic rings. The summed E-state index contributed by atoms with van der Waals surface area (Å²) < 4.78 is 6.04. The third-order valence-electron chi connectivity index (χ3n) is 6.05. The second kappa shape index (κ2) is 6.41. The van der Waals surface area contributed by atoms with E-state index in [1.54, 1.807) is 6.92 Å². The number of hydrogen-bond donors (Lipinski definition) is 0. The largest absolute Gasteiger partial charge is 0.461 e. The van der Waals surface area contributed by atoms with Gasteiger partial charge in [-0.2, -0.15) is 0 Å². The maximum absolute atomic E-state index is 13.0. The van der Waals surface area contributed by atoms with Gasteiger partial charge in [0.1, 0.15) is 12.4 Å². The van der Waals surface area contributed by atoms with Gasteiger partial charge in [0.2, 0.25) is 0 Å². The SMILES string of the molecule is C/C(C=O)=C\C1(C(=O)OC2CC(C)CCC2C(C)C)CC1(C)C. The smallest absolute Gasteiger partial charge is 0.316 e. The van der Waals surface area contributed by atoms with E-state index >= 15 is 0 Å². The summed E-state index contributed by atoms with van der Waals surface area (Å²) in [5.41, 5.74) is -0.118. The van der Waals surface area contributed by atoms with E-state index in [0.29, 0.717) is 23.3 Å². The highest BCUT2D eigenvalue weighted by Gasteiger charge is 2.66. The van der Waals surface area contributed by atoms with Gasteiger partial charge in [-0.05, 0) is 54.9 Å². The van der Waals surface area contributed by atoms with Crippen LogP contribution in [0.1, 0.15) is 67.2 Å². The number of aldehydes is 1. The van der Waals surface area contributed by atoms with Gasteiger partial charge in [-0.25, -0.2) is 0 Å². The summed E-state index contributed by atoms with van der Waals surface area (Å²) in [6.07, 6.45) is 6.75. The Morgan fingerprint density at radius 1 is 1.26 bits per heavy atom. The number of esters is 1. The molecule has 3 nitrogen and oxygen atoms in total. The maximum Gasteiger partial charge on any atom is 0.316 e. The number of allylic oxidation sites excluding steroid dienone is 1. The van der Waals surface area contributed by atoms with Crippen LogP contribution in [0.5, 0.6) is 0 Å². The van der Waals surface area contributed by atoms with E-state index in [2.05, 4.69) is 34.6 Å². The van der Waals surface area contributed by atoms with Gasteiger partial charge in [0, 0.05) is 0 Å². The quantitative estimate of drug-likeness (QED) is 0.424. The Morgan fingerprint density at radius 2 is 1.87 bits per heavy atom. The molecule has 2 aliphatic rings. The Labute approximate surface area is 140 Å². The van der Waals surface area contributed by atoms with Crippen LogP contribution >= 0.6 is 0 Å². The van der Waals surface area contributed by atoms with E-state index in [9.17, 15) is 9.59 Å². The molecule has 0 bridgehead atoms. The van der Waals surface area contributed by atoms with Crippen LogP contribution in [0, 0.1) is 28.6 Å². The van der Waals surface area contributed by atoms with Crippen molar-refractivity contribution in [2.45, 2.75) is 73.3 Å². The van der Waals surface area contributed by atoms with Crippen molar-refractivity contribution < 1.29 is 14.3 Å². The predicted octanol–water partition coefficient (Wildman–Crippen LogP) is 4.55. The summed E-state index contributed by atoms with van der Waals surface area (Å²) >= 11 is 0. The first-order valence-electron chi connectivity index (χ1n) is 8.98. The fourth-order valence-corrected chi connectivity index (χ4v) is 4.22. The third kappa shape index (κ3) is 3.54. The van der Waals surface area contributed by atoms with Gasteiger partial charge in [-0.15, -0.1) is 0 Å². The zero-order valence-electron chi connectivity index (χ0n) is 15.5. The summed E-state index contributed by atoms with van der Waals surface area (Å²) in [4.78, 5) is 24.0. The molecule has 4 unspecified atom stereocenters. The lowest BCUT2D eigenvalue weighted by molar-refractivity contribution is -0.162. The number of ether oxygens (including phenoxy) is 1. The average molecular weight is 320 g/mol. The Morgan fingerprint density at radius 3 is 2.35 bits per heavy atom. The van der Waals surface area contributed by atoms with E-state index in [4.69, 9.17) is 4.74 Å². The summed E-state index contributed by atoms with van der Waals surface area (Å²) in [7, 11) is 0. The number of carbonyl (C=O) groups is 2. The molecule has 4 atom stereocenters. The van der Waals surface area contributed by atoms with Crippen molar-refractivity contribution in [1.29, 1.82) is 0 Å². The molecule has 23 heavy (non-hydrogen) atoms. The highest BCUT2D eigenvalue weighted by atomic mass is 16.5. The third-order valence-corrected chi connectivity index (χ3v) is 6.05. The highest BCUT2D eigenvalue weighted by molar-refractivity contribution is 5.86. The van der Waals surface area contributed by atoms with Crippen LogP contribution in [0.2, 0.25) is 0 Å². The maximum atomic E-state index is 13.0. The Bertz CT molecular complexity index is 503. The first-order chi connectivity index (χ1) is 10.6. The molecule has 2 aliphatic carbocycles. The monoisotopic (exact) mass is 320 g/mol. The van der Waals surface area contributed by atoms with Crippen molar-refractivity contribution in [2.75, 3.05) is 0 Å². The van der Waals surface area contributed by atoms with Gasteiger partial charge in [-0.3, -0.25) is 9.59 Å². The standard InChI is InChI=1S/C20H32O3/c1-13(2)16-8-7-14(3)9-17(16)23-18(22)20(10-15(4)11-21)12-19(20,5)6/h10-11,13-14,16-17H,7-9,12H2,1-6H3/b15-10+. The van der Waals surface area contributed by atoms with E-state index in [0.717, 1.165) is 25.5 Å². The van der Waals surface area contributed by atoms with E-state index < -0.39 is 5.41 Å². The summed E-state index contributed by atoms with van der Waals surface area (Å²) in [5, 5.41) is 0. The second-order valence-electron chi connectivity index (χ2n) is 8.81. The van der Waals surface area contributed by atoms with Crippen molar-refractivity contribution >= 4 is 12.3 Å². The first kappa shape index (κ1) is 18.2. The van der Waals surface area contributed by atoms with Crippen LogP contribution in [0.4, 0.5) is 0 Å². The summed E-state index contributed by atoms with van der Waals surface area (Å²) in [6.45, 7) is 12.6. The zero-order chi connectivity index (χ0) is 17.4. The Kier molecular flexibility index (Phi) is 5.08. The zero-order valence-corrected chi connectivity index (χ0v) is 15.5. The lowest BCUT2D eigenvalue weighted by Crippen LogP contribution is -2.38. The molecule has 130 valence electrons. The van der Waals surface area contributed by atoms with Gasteiger partial charge >= 0.3 is 5.97 Å². The molecule has 0 heterocycles. The van der Waals surface area contributed by atoms with E-state index in [1.165, 1.54) is 6.42 Å². The molecule has 2 rings (SSSR count). The topological polar surface area (TPSA) is 43.4 Å². The molecule has 3 heteroatoms. The van der Waals surface area contributed by atoms with E-state index in [1.807, 2.05) is 6.08 Å². The van der Waals surface area contributed by atoms with Gasteiger partial charge < -0.3 is 4.74 Å². The minimum absolute atomic E-state index is 0.0180. The van der Waals surface area contributed by atoms with Crippen LogP contribution in [-0.4, -0.2) is 18.4 Å². The number of carbonyl (C=O) groups excluding carboxylic acids is 2. The molecule has 0 amide bonds. The highest BCUT2D eigenvalue weighted by Crippen LogP contribution is 2.65. The van der Waals surface area contributed by atoms with E-state index in [-0.39, 0.29) is 17.5 Å². The Balaban J connectivity index is 2.17. The Hall–Kier alpha value is -1.12. The fraction of sp³-hybridized carbons (Fsp3) is 0.800. The molecule has 0 aliphatic heterocycles. The normalized spacial score (nSPS) is 36.7.